The number of hydrogen-bond acceptors (Lipinski definition) is 3. The van der Waals surface area contributed by atoms with Crippen molar-refractivity contribution in [2.75, 3.05) is 13.1 Å². The summed E-state index contributed by atoms with van der Waals surface area (Å²) in [4.78, 5) is 14.1. The van der Waals surface area contributed by atoms with Crippen LogP contribution in [-0.4, -0.2) is 29.1 Å². The third-order valence-corrected chi connectivity index (χ3v) is 5.66. The highest BCUT2D eigenvalue weighted by Gasteiger charge is 2.32. The summed E-state index contributed by atoms with van der Waals surface area (Å²) < 4.78 is 33.4. The number of hydrogen-bond donors (Lipinski definition) is 0. The first-order valence-electron chi connectivity index (χ1n) is 9.25. The molecule has 1 aromatic carbocycles. The van der Waals surface area contributed by atoms with Crippen molar-refractivity contribution in [2.45, 2.75) is 44.9 Å². The number of rotatable bonds is 2. The van der Waals surface area contributed by atoms with Gasteiger partial charge in [0, 0.05) is 24.6 Å². The van der Waals surface area contributed by atoms with Crippen LogP contribution in [0, 0.1) is 17.6 Å². The average molecular weight is 360 g/mol. The number of likely N-dealkylation sites (tertiary alicyclic amines) is 1. The highest BCUT2D eigenvalue weighted by Crippen LogP contribution is 2.36. The van der Waals surface area contributed by atoms with E-state index in [-0.39, 0.29) is 5.92 Å². The second-order valence-corrected chi connectivity index (χ2v) is 7.48. The van der Waals surface area contributed by atoms with Gasteiger partial charge in [0.1, 0.15) is 23.0 Å². The van der Waals surface area contributed by atoms with Gasteiger partial charge in [-0.1, -0.05) is 18.1 Å². The van der Waals surface area contributed by atoms with Crippen molar-refractivity contribution >= 4 is 5.91 Å². The number of piperidine rings is 1. The van der Waals surface area contributed by atoms with Crippen LogP contribution in [0.25, 0.3) is 0 Å². The monoisotopic (exact) mass is 360 g/mol. The molecule has 1 aromatic heterocycles. The van der Waals surface area contributed by atoms with Gasteiger partial charge in [0.15, 0.2) is 0 Å². The molecule has 1 amide bonds. The number of carbonyl (C=O) groups is 1. The number of aromatic nitrogens is 1. The van der Waals surface area contributed by atoms with Gasteiger partial charge in [-0.25, -0.2) is 8.78 Å². The number of nitrogens with zero attached hydrogens (tertiary/aromatic N) is 2. The zero-order chi connectivity index (χ0) is 18.3. The number of amides is 1. The Balaban J connectivity index is 1.47. The molecule has 2 aromatic rings. The molecule has 1 fully saturated rings. The van der Waals surface area contributed by atoms with Crippen molar-refractivity contribution in [3.63, 3.8) is 0 Å². The minimum atomic E-state index is -0.810. The fourth-order valence-electron chi connectivity index (χ4n) is 4.13. The van der Waals surface area contributed by atoms with E-state index < -0.39 is 23.1 Å². The molecule has 1 aliphatic carbocycles. The summed E-state index contributed by atoms with van der Waals surface area (Å²) in [6, 6.07) is 3.50. The van der Waals surface area contributed by atoms with Crippen molar-refractivity contribution in [2.24, 2.45) is 5.92 Å². The molecule has 138 valence electrons. The summed E-state index contributed by atoms with van der Waals surface area (Å²) in [7, 11) is 0. The van der Waals surface area contributed by atoms with Gasteiger partial charge in [-0.3, -0.25) is 4.79 Å². The fraction of sp³-hybridized carbons (Fsp3) is 0.500. The summed E-state index contributed by atoms with van der Waals surface area (Å²) in [6.45, 7) is 3.16. The van der Waals surface area contributed by atoms with E-state index in [9.17, 15) is 13.6 Å². The van der Waals surface area contributed by atoms with Crippen molar-refractivity contribution < 1.29 is 18.1 Å². The summed E-state index contributed by atoms with van der Waals surface area (Å²) in [5.41, 5.74) is 1.86. The molecule has 2 heterocycles. The Morgan fingerprint density at radius 2 is 1.88 bits per heavy atom. The maximum atomic E-state index is 13.9. The second kappa shape index (κ2) is 6.82. The van der Waals surface area contributed by atoms with E-state index in [0.717, 1.165) is 55.7 Å². The summed E-state index contributed by atoms with van der Waals surface area (Å²) in [5, 5.41) is 4.24. The SMILES string of the molecule is C[C@H]1CCc2noc(C3CCN(C(=O)c4c(F)cccc4F)CC3)c2C1. The molecule has 0 radical (unpaired) electrons. The van der Waals surface area contributed by atoms with Crippen LogP contribution < -0.4 is 0 Å². The van der Waals surface area contributed by atoms with Gasteiger partial charge in [0.05, 0.1) is 5.69 Å². The van der Waals surface area contributed by atoms with Crippen LogP contribution in [0.1, 0.15) is 59.5 Å². The molecular formula is C20H22F2N2O2. The predicted molar refractivity (Wildman–Crippen MR) is 91.9 cm³/mol. The molecule has 1 saturated heterocycles. The van der Waals surface area contributed by atoms with E-state index in [1.807, 2.05) is 0 Å². The van der Waals surface area contributed by atoms with Crippen molar-refractivity contribution in [3.05, 3.63) is 52.4 Å². The first-order valence-corrected chi connectivity index (χ1v) is 9.25. The molecular weight excluding hydrogens is 338 g/mol. The van der Waals surface area contributed by atoms with E-state index >= 15 is 0 Å². The van der Waals surface area contributed by atoms with Crippen LogP contribution >= 0.6 is 0 Å². The Morgan fingerprint density at radius 1 is 1.19 bits per heavy atom. The van der Waals surface area contributed by atoms with Crippen LogP contribution in [0.5, 0.6) is 0 Å². The van der Waals surface area contributed by atoms with Gasteiger partial charge < -0.3 is 9.42 Å². The van der Waals surface area contributed by atoms with Gasteiger partial charge in [0.2, 0.25) is 0 Å². The topological polar surface area (TPSA) is 46.3 Å². The predicted octanol–water partition coefficient (Wildman–Crippen LogP) is 4.10. The lowest BCUT2D eigenvalue weighted by Gasteiger charge is -2.31. The van der Waals surface area contributed by atoms with Gasteiger partial charge in [-0.2, -0.15) is 0 Å². The number of benzene rings is 1. The first kappa shape index (κ1) is 17.2. The Hall–Kier alpha value is -2.24. The van der Waals surface area contributed by atoms with E-state index in [0.29, 0.717) is 19.0 Å². The van der Waals surface area contributed by atoms with Gasteiger partial charge in [0.25, 0.3) is 5.91 Å². The van der Waals surface area contributed by atoms with E-state index in [2.05, 4.69) is 12.1 Å². The van der Waals surface area contributed by atoms with E-state index in [1.54, 1.807) is 0 Å². The lowest BCUT2D eigenvalue weighted by Crippen LogP contribution is -2.38. The summed E-state index contributed by atoms with van der Waals surface area (Å²) in [6.07, 6.45) is 4.54. The molecule has 0 saturated carbocycles. The maximum Gasteiger partial charge on any atom is 0.259 e. The maximum absolute atomic E-state index is 13.9. The zero-order valence-corrected chi connectivity index (χ0v) is 14.8. The molecule has 4 nitrogen and oxygen atoms in total. The van der Waals surface area contributed by atoms with Crippen molar-refractivity contribution in [3.8, 4) is 0 Å². The number of halogens is 2. The van der Waals surface area contributed by atoms with Crippen molar-refractivity contribution in [1.29, 1.82) is 0 Å². The Labute approximate surface area is 151 Å². The smallest absolute Gasteiger partial charge is 0.259 e. The van der Waals surface area contributed by atoms with E-state index in [4.69, 9.17) is 4.52 Å². The number of aryl methyl sites for hydroxylation is 1. The Morgan fingerprint density at radius 3 is 2.58 bits per heavy atom. The van der Waals surface area contributed by atoms with Crippen LogP contribution in [0.15, 0.2) is 22.7 Å². The first-order chi connectivity index (χ1) is 12.5. The summed E-state index contributed by atoms with van der Waals surface area (Å²) >= 11 is 0. The van der Waals surface area contributed by atoms with Gasteiger partial charge in [-0.05, 0) is 50.2 Å². The third-order valence-electron chi connectivity index (χ3n) is 5.66. The second-order valence-electron chi connectivity index (χ2n) is 7.48. The molecule has 0 bridgehead atoms. The molecule has 4 rings (SSSR count). The highest BCUT2D eigenvalue weighted by atomic mass is 19.1. The fourth-order valence-corrected chi connectivity index (χ4v) is 4.13. The number of carbonyl (C=O) groups excluding carboxylic acids is 1. The molecule has 1 aliphatic heterocycles. The quantitative estimate of drug-likeness (QED) is 0.810. The average Bonchev–Trinajstić information content (AvgIpc) is 3.04. The van der Waals surface area contributed by atoms with Crippen molar-refractivity contribution in [1.82, 2.24) is 10.1 Å². The van der Waals surface area contributed by atoms with Crippen LogP contribution in [0.2, 0.25) is 0 Å². The minimum Gasteiger partial charge on any atom is -0.361 e. The highest BCUT2D eigenvalue weighted by molar-refractivity contribution is 5.94. The van der Waals surface area contributed by atoms with Crippen LogP contribution in [-0.2, 0) is 12.8 Å². The largest absolute Gasteiger partial charge is 0.361 e. The molecule has 26 heavy (non-hydrogen) atoms. The van der Waals surface area contributed by atoms with Gasteiger partial charge >= 0.3 is 0 Å². The molecule has 1 atom stereocenters. The van der Waals surface area contributed by atoms with E-state index in [1.165, 1.54) is 16.5 Å². The minimum absolute atomic E-state index is 0.214. The molecule has 0 spiro atoms. The standard InChI is InChI=1S/C20H22F2N2O2/c1-12-5-6-17-14(11-12)19(26-23-17)13-7-9-24(10-8-13)20(25)18-15(21)3-2-4-16(18)22/h2-4,12-13H,5-11H2,1H3/t12-/m0/s1. The molecule has 2 aliphatic rings. The van der Waals surface area contributed by atoms with Gasteiger partial charge in [-0.15, -0.1) is 0 Å². The zero-order valence-electron chi connectivity index (χ0n) is 14.8. The molecule has 0 unspecified atom stereocenters. The Kier molecular flexibility index (Phi) is 4.51. The lowest BCUT2D eigenvalue weighted by molar-refractivity contribution is 0.0696. The Bertz CT molecular complexity index is 805. The number of fused-ring (bicyclic) bond motifs is 1. The summed E-state index contributed by atoms with van der Waals surface area (Å²) in [5.74, 6) is -0.397. The van der Waals surface area contributed by atoms with Crippen LogP contribution in [0.4, 0.5) is 8.78 Å². The normalized spacial score (nSPS) is 20.9. The van der Waals surface area contributed by atoms with Crippen LogP contribution in [0.3, 0.4) is 0 Å². The lowest BCUT2D eigenvalue weighted by atomic mass is 9.83. The molecule has 0 N–H and O–H groups in total. The molecule has 6 heteroatoms. The third kappa shape index (κ3) is 3.02.